The average Bonchev–Trinajstić information content (AvgIpc) is 2.36. The summed E-state index contributed by atoms with van der Waals surface area (Å²) in [5.41, 5.74) is 0.617. The summed E-state index contributed by atoms with van der Waals surface area (Å²) in [6.07, 6.45) is -0.433. The lowest BCUT2D eigenvalue weighted by atomic mass is 10.1. The van der Waals surface area contributed by atoms with Gasteiger partial charge < -0.3 is 14.4 Å². The van der Waals surface area contributed by atoms with Crippen molar-refractivity contribution in [3.8, 4) is 0 Å². The van der Waals surface area contributed by atoms with Crippen molar-refractivity contribution in [1.29, 1.82) is 0 Å². The van der Waals surface area contributed by atoms with Crippen molar-refractivity contribution in [2.45, 2.75) is 32.9 Å². The zero-order chi connectivity index (χ0) is 15.3. The Morgan fingerprint density at radius 1 is 1.20 bits per heavy atom. The number of carbonyl (C=O) groups is 2. The van der Waals surface area contributed by atoms with Crippen molar-refractivity contribution < 1.29 is 19.1 Å². The van der Waals surface area contributed by atoms with Crippen molar-refractivity contribution in [2.75, 3.05) is 14.2 Å². The molecular formula is C15H21NO4. The molecule has 0 spiro atoms. The molecular weight excluding hydrogens is 258 g/mol. The second-order valence-corrected chi connectivity index (χ2v) is 5.49. The van der Waals surface area contributed by atoms with E-state index in [2.05, 4.69) is 0 Å². The van der Waals surface area contributed by atoms with E-state index in [1.807, 2.05) is 6.07 Å². The SMILES string of the molecule is COC(=O)c1ccccc1CN(C)C(=O)OC(C)(C)C. The van der Waals surface area contributed by atoms with Gasteiger partial charge in [-0.2, -0.15) is 0 Å². The summed E-state index contributed by atoms with van der Waals surface area (Å²) >= 11 is 0. The van der Waals surface area contributed by atoms with Crippen LogP contribution in [0.5, 0.6) is 0 Å². The van der Waals surface area contributed by atoms with Crippen molar-refractivity contribution >= 4 is 12.1 Å². The minimum Gasteiger partial charge on any atom is -0.465 e. The topological polar surface area (TPSA) is 55.8 Å². The third-order valence-corrected chi connectivity index (χ3v) is 2.54. The van der Waals surface area contributed by atoms with E-state index < -0.39 is 17.7 Å². The number of benzene rings is 1. The number of hydrogen-bond donors (Lipinski definition) is 0. The monoisotopic (exact) mass is 279 g/mol. The van der Waals surface area contributed by atoms with Crippen LogP contribution < -0.4 is 0 Å². The molecule has 1 aromatic carbocycles. The van der Waals surface area contributed by atoms with E-state index in [0.29, 0.717) is 11.1 Å². The second-order valence-electron chi connectivity index (χ2n) is 5.49. The van der Waals surface area contributed by atoms with Gasteiger partial charge in [0.05, 0.1) is 12.7 Å². The fraction of sp³-hybridized carbons (Fsp3) is 0.467. The number of ether oxygens (including phenoxy) is 2. The summed E-state index contributed by atoms with van der Waals surface area (Å²) in [5.74, 6) is -0.418. The van der Waals surface area contributed by atoms with Crippen LogP contribution in [-0.4, -0.2) is 36.7 Å². The largest absolute Gasteiger partial charge is 0.465 e. The maximum atomic E-state index is 11.9. The van der Waals surface area contributed by atoms with Crippen LogP contribution in [-0.2, 0) is 16.0 Å². The van der Waals surface area contributed by atoms with Gasteiger partial charge in [0.25, 0.3) is 0 Å². The third kappa shape index (κ3) is 4.57. The zero-order valence-corrected chi connectivity index (χ0v) is 12.6. The molecule has 0 saturated heterocycles. The molecule has 0 atom stereocenters. The Morgan fingerprint density at radius 3 is 2.35 bits per heavy atom. The number of amides is 1. The Hall–Kier alpha value is -2.04. The summed E-state index contributed by atoms with van der Waals surface area (Å²) in [4.78, 5) is 25.0. The highest BCUT2D eigenvalue weighted by molar-refractivity contribution is 5.91. The third-order valence-electron chi connectivity index (χ3n) is 2.54. The molecule has 1 aromatic rings. The average molecular weight is 279 g/mol. The van der Waals surface area contributed by atoms with Gasteiger partial charge in [-0.15, -0.1) is 0 Å². The smallest absolute Gasteiger partial charge is 0.410 e. The lowest BCUT2D eigenvalue weighted by molar-refractivity contribution is 0.0282. The molecule has 0 radical (unpaired) electrons. The highest BCUT2D eigenvalue weighted by Crippen LogP contribution is 2.15. The quantitative estimate of drug-likeness (QED) is 0.798. The second kappa shape index (κ2) is 6.41. The van der Waals surface area contributed by atoms with Gasteiger partial charge in [-0.25, -0.2) is 9.59 Å². The van der Waals surface area contributed by atoms with Crippen LogP contribution in [0.15, 0.2) is 24.3 Å². The molecule has 0 aliphatic heterocycles. The molecule has 1 rings (SSSR count). The van der Waals surface area contributed by atoms with Gasteiger partial charge >= 0.3 is 12.1 Å². The molecule has 0 N–H and O–H groups in total. The number of methoxy groups -OCH3 is 1. The molecule has 0 aromatic heterocycles. The van der Waals surface area contributed by atoms with E-state index in [0.717, 1.165) is 0 Å². The van der Waals surface area contributed by atoms with Crippen LogP contribution >= 0.6 is 0 Å². The minimum absolute atomic E-state index is 0.278. The number of carbonyl (C=O) groups excluding carboxylic acids is 2. The normalized spacial score (nSPS) is 10.8. The molecule has 1 amide bonds. The van der Waals surface area contributed by atoms with Crippen LogP contribution in [0, 0.1) is 0 Å². The van der Waals surface area contributed by atoms with Gasteiger partial charge in [-0.05, 0) is 32.4 Å². The van der Waals surface area contributed by atoms with Crippen LogP contribution in [0.1, 0.15) is 36.7 Å². The first-order valence-electron chi connectivity index (χ1n) is 6.35. The van der Waals surface area contributed by atoms with Gasteiger partial charge in [0.15, 0.2) is 0 Å². The van der Waals surface area contributed by atoms with Crippen molar-refractivity contribution in [1.82, 2.24) is 4.90 Å². The van der Waals surface area contributed by atoms with Crippen molar-refractivity contribution in [3.05, 3.63) is 35.4 Å². The minimum atomic E-state index is -0.548. The van der Waals surface area contributed by atoms with Gasteiger partial charge in [0.2, 0.25) is 0 Å². The fourth-order valence-electron chi connectivity index (χ4n) is 1.63. The fourth-order valence-corrected chi connectivity index (χ4v) is 1.63. The van der Waals surface area contributed by atoms with Crippen LogP contribution in [0.3, 0.4) is 0 Å². The molecule has 0 bridgehead atoms. The summed E-state index contributed by atoms with van der Waals surface area (Å²) in [6, 6.07) is 7.02. The van der Waals surface area contributed by atoms with Gasteiger partial charge in [0.1, 0.15) is 5.60 Å². The number of esters is 1. The van der Waals surface area contributed by atoms with Gasteiger partial charge in [-0.3, -0.25) is 0 Å². The maximum absolute atomic E-state index is 11.9. The molecule has 5 nitrogen and oxygen atoms in total. The number of nitrogens with zero attached hydrogens (tertiary/aromatic N) is 1. The van der Waals surface area contributed by atoms with E-state index in [9.17, 15) is 9.59 Å². The van der Waals surface area contributed by atoms with Crippen LogP contribution in [0.25, 0.3) is 0 Å². The summed E-state index contributed by atoms with van der Waals surface area (Å²) in [5, 5.41) is 0. The Kier molecular flexibility index (Phi) is 5.13. The molecule has 0 saturated carbocycles. The van der Waals surface area contributed by atoms with E-state index in [1.165, 1.54) is 12.0 Å². The Bertz CT molecular complexity index is 491. The maximum Gasteiger partial charge on any atom is 0.410 e. The molecule has 0 aliphatic rings. The predicted molar refractivity (Wildman–Crippen MR) is 75.5 cm³/mol. The summed E-state index contributed by atoms with van der Waals surface area (Å²) in [6.45, 7) is 5.70. The van der Waals surface area contributed by atoms with Crippen LogP contribution in [0.2, 0.25) is 0 Å². The number of rotatable bonds is 3. The van der Waals surface area contributed by atoms with Gasteiger partial charge in [-0.1, -0.05) is 18.2 Å². The van der Waals surface area contributed by atoms with E-state index >= 15 is 0 Å². The first-order valence-corrected chi connectivity index (χ1v) is 6.35. The van der Waals surface area contributed by atoms with E-state index in [1.54, 1.807) is 46.0 Å². The zero-order valence-electron chi connectivity index (χ0n) is 12.6. The summed E-state index contributed by atoms with van der Waals surface area (Å²) < 4.78 is 10.00. The van der Waals surface area contributed by atoms with Crippen LogP contribution in [0.4, 0.5) is 4.79 Å². The van der Waals surface area contributed by atoms with Gasteiger partial charge in [0, 0.05) is 13.6 Å². The first-order chi connectivity index (χ1) is 9.24. The molecule has 0 fully saturated rings. The molecule has 5 heteroatoms. The highest BCUT2D eigenvalue weighted by Gasteiger charge is 2.21. The Labute approximate surface area is 119 Å². The first kappa shape index (κ1) is 16.0. The number of hydrogen-bond acceptors (Lipinski definition) is 4. The Morgan fingerprint density at radius 2 is 1.80 bits per heavy atom. The molecule has 0 heterocycles. The highest BCUT2D eigenvalue weighted by atomic mass is 16.6. The standard InChI is InChI=1S/C15H21NO4/c1-15(2,3)20-14(18)16(4)10-11-8-6-7-9-12(11)13(17)19-5/h6-9H,10H2,1-5H3. The lowest BCUT2D eigenvalue weighted by Gasteiger charge is -2.25. The van der Waals surface area contributed by atoms with Crippen molar-refractivity contribution in [2.24, 2.45) is 0 Å². The predicted octanol–water partition coefficient (Wildman–Crippen LogP) is 2.84. The molecule has 0 aliphatic carbocycles. The van der Waals surface area contributed by atoms with E-state index in [-0.39, 0.29) is 6.54 Å². The molecule has 110 valence electrons. The lowest BCUT2D eigenvalue weighted by Crippen LogP contribution is -2.34. The Balaban J connectivity index is 2.83. The summed E-state index contributed by atoms with van der Waals surface area (Å²) in [7, 11) is 2.96. The van der Waals surface area contributed by atoms with Crippen molar-refractivity contribution in [3.63, 3.8) is 0 Å². The van der Waals surface area contributed by atoms with E-state index in [4.69, 9.17) is 9.47 Å². The molecule has 0 unspecified atom stereocenters. The molecule has 20 heavy (non-hydrogen) atoms.